The molecule has 7 nitrogen and oxygen atoms in total. The number of carbonyl (C=O) groups is 2. The summed E-state index contributed by atoms with van der Waals surface area (Å²) in [5, 5.41) is 16.2. The molecule has 1 unspecified atom stereocenters. The number of rotatable bonds is 5. The summed E-state index contributed by atoms with van der Waals surface area (Å²) in [6.07, 6.45) is 2.58. The fraction of sp³-hybridized carbons (Fsp3) is 0.500. The second-order valence-corrected chi connectivity index (χ2v) is 4.73. The highest BCUT2D eigenvalue weighted by atomic mass is 32.2. The molecule has 0 bridgehead atoms. The fourth-order valence-corrected chi connectivity index (χ4v) is 2.05. The van der Waals surface area contributed by atoms with Gasteiger partial charge in [-0.25, -0.2) is 10.2 Å². The highest BCUT2D eigenvalue weighted by molar-refractivity contribution is 7.98. The van der Waals surface area contributed by atoms with Crippen molar-refractivity contribution < 1.29 is 14.7 Å². The molecule has 0 aromatic carbocycles. The molecular formula is C10H16N4O3S. The normalized spacial score (nSPS) is 20.0. The topological polar surface area (TPSA) is 117 Å². The largest absolute Gasteiger partial charge is 0.509 e. The number of primary amides is 1. The first-order valence-electron chi connectivity index (χ1n) is 5.30. The lowest BCUT2D eigenvalue weighted by molar-refractivity contribution is -0.116. The first kappa shape index (κ1) is 14.4. The quantitative estimate of drug-likeness (QED) is 0.419. The van der Waals surface area contributed by atoms with Crippen molar-refractivity contribution >= 4 is 29.4 Å². The van der Waals surface area contributed by atoms with E-state index in [1.165, 1.54) is 6.92 Å². The van der Waals surface area contributed by atoms with Crippen LogP contribution in [0.5, 0.6) is 0 Å². The molecule has 1 aliphatic heterocycles. The maximum Gasteiger partial charge on any atom is 0.332 e. The second kappa shape index (κ2) is 6.29. The van der Waals surface area contributed by atoms with Gasteiger partial charge in [-0.3, -0.25) is 4.79 Å². The summed E-state index contributed by atoms with van der Waals surface area (Å²) in [6, 6.07) is -1.22. The van der Waals surface area contributed by atoms with E-state index in [-0.39, 0.29) is 17.0 Å². The molecule has 0 aromatic rings. The molecule has 0 saturated carbocycles. The predicted molar refractivity (Wildman–Crippen MR) is 70.4 cm³/mol. The number of nitrogens with one attached hydrogen (secondary N) is 2. The van der Waals surface area contributed by atoms with Crippen LogP contribution in [0.2, 0.25) is 0 Å². The summed E-state index contributed by atoms with van der Waals surface area (Å²) < 4.78 is 0. The van der Waals surface area contributed by atoms with Gasteiger partial charge in [0.25, 0.3) is 5.91 Å². The number of hydrazone groups is 1. The van der Waals surface area contributed by atoms with Gasteiger partial charge in [0.2, 0.25) is 0 Å². The van der Waals surface area contributed by atoms with E-state index < -0.39 is 18.0 Å². The molecule has 0 spiro atoms. The Labute approximate surface area is 109 Å². The van der Waals surface area contributed by atoms with Crippen molar-refractivity contribution in [2.75, 3.05) is 12.0 Å². The summed E-state index contributed by atoms with van der Waals surface area (Å²) in [4.78, 5) is 22.2. The Morgan fingerprint density at radius 3 is 2.89 bits per heavy atom. The Morgan fingerprint density at radius 2 is 2.33 bits per heavy atom. The maximum atomic E-state index is 11.7. The van der Waals surface area contributed by atoms with E-state index in [0.717, 1.165) is 5.75 Å². The third-order valence-electron chi connectivity index (χ3n) is 2.42. The van der Waals surface area contributed by atoms with Crippen molar-refractivity contribution in [3.05, 3.63) is 11.3 Å². The number of hydrogen-bond acceptors (Lipinski definition) is 5. The van der Waals surface area contributed by atoms with Gasteiger partial charge >= 0.3 is 6.03 Å². The van der Waals surface area contributed by atoms with Crippen molar-refractivity contribution in [1.29, 1.82) is 0 Å². The molecule has 100 valence electrons. The molecular weight excluding hydrogens is 256 g/mol. The number of thioether (sulfide) groups is 1. The molecule has 5 N–H and O–H groups in total. The molecule has 0 saturated heterocycles. The van der Waals surface area contributed by atoms with Crippen LogP contribution in [0.4, 0.5) is 4.79 Å². The minimum Gasteiger partial charge on any atom is -0.509 e. The van der Waals surface area contributed by atoms with Gasteiger partial charge in [0, 0.05) is 0 Å². The first-order valence-corrected chi connectivity index (χ1v) is 6.69. The van der Waals surface area contributed by atoms with Gasteiger partial charge < -0.3 is 16.2 Å². The molecule has 18 heavy (non-hydrogen) atoms. The number of nitrogens with zero attached hydrogens (tertiary/aromatic N) is 1. The van der Waals surface area contributed by atoms with Gasteiger partial charge in [-0.15, -0.1) is 0 Å². The van der Waals surface area contributed by atoms with Crippen LogP contribution in [-0.2, 0) is 4.79 Å². The Kier molecular flexibility index (Phi) is 5.02. The van der Waals surface area contributed by atoms with Gasteiger partial charge in [0.1, 0.15) is 11.3 Å². The number of carbonyl (C=O) groups excluding carboxylic acids is 2. The van der Waals surface area contributed by atoms with E-state index in [9.17, 15) is 14.7 Å². The zero-order chi connectivity index (χ0) is 13.7. The van der Waals surface area contributed by atoms with Crippen LogP contribution >= 0.6 is 11.8 Å². The third-order valence-corrected chi connectivity index (χ3v) is 3.07. The lowest BCUT2D eigenvalue weighted by Crippen LogP contribution is -2.30. The van der Waals surface area contributed by atoms with E-state index in [1.54, 1.807) is 11.8 Å². The van der Waals surface area contributed by atoms with Crippen molar-refractivity contribution in [3.8, 4) is 0 Å². The monoisotopic (exact) mass is 272 g/mol. The van der Waals surface area contributed by atoms with Crippen molar-refractivity contribution in [1.82, 2.24) is 10.7 Å². The molecule has 1 rings (SSSR count). The molecule has 0 fully saturated rings. The average molecular weight is 272 g/mol. The molecule has 1 heterocycles. The molecule has 1 aliphatic rings. The van der Waals surface area contributed by atoms with Gasteiger partial charge in [-0.05, 0) is 25.4 Å². The Morgan fingerprint density at radius 1 is 1.67 bits per heavy atom. The Bertz CT molecular complexity index is 419. The van der Waals surface area contributed by atoms with E-state index in [4.69, 9.17) is 5.73 Å². The van der Waals surface area contributed by atoms with E-state index in [0.29, 0.717) is 6.42 Å². The Hall–Kier alpha value is -1.70. The van der Waals surface area contributed by atoms with Crippen LogP contribution in [0.1, 0.15) is 13.3 Å². The number of amides is 3. The van der Waals surface area contributed by atoms with Crippen LogP contribution in [0.3, 0.4) is 0 Å². The second-order valence-electron chi connectivity index (χ2n) is 3.74. The molecule has 8 heteroatoms. The summed E-state index contributed by atoms with van der Waals surface area (Å²) in [5.41, 5.74) is 7.19. The van der Waals surface area contributed by atoms with Crippen LogP contribution in [-0.4, -0.2) is 40.8 Å². The minimum absolute atomic E-state index is 0.0402. The standard InChI is InChI=1S/C10H16N4O3S/c1-5(13-14-10(11)17)7-8(15)6(3-4-18-2)12-9(7)16/h6,15H,3-4H2,1-2H3,(H,12,16)(H3,11,14,17)/b13-5+. The third kappa shape index (κ3) is 3.39. The Balaban J connectivity index is 2.84. The highest BCUT2D eigenvalue weighted by Gasteiger charge is 2.32. The molecule has 1 atom stereocenters. The first-order chi connectivity index (χ1) is 8.47. The van der Waals surface area contributed by atoms with Crippen LogP contribution in [0.15, 0.2) is 16.4 Å². The fourth-order valence-electron chi connectivity index (χ4n) is 1.58. The number of aliphatic hydroxyl groups is 1. The van der Waals surface area contributed by atoms with Crippen LogP contribution in [0, 0.1) is 0 Å². The van der Waals surface area contributed by atoms with Gasteiger partial charge in [-0.2, -0.15) is 16.9 Å². The zero-order valence-corrected chi connectivity index (χ0v) is 11.0. The lowest BCUT2D eigenvalue weighted by Gasteiger charge is -2.09. The molecule has 0 aliphatic carbocycles. The molecule has 0 radical (unpaired) electrons. The van der Waals surface area contributed by atoms with Crippen molar-refractivity contribution in [2.24, 2.45) is 10.8 Å². The van der Waals surface area contributed by atoms with Crippen LogP contribution in [0.25, 0.3) is 0 Å². The van der Waals surface area contributed by atoms with E-state index in [1.807, 2.05) is 11.7 Å². The van der Waals surface area contributed by atoms with E-state index >= 15 is 0 Å². The van der Waals surface area contributed by atoms with Crippen molar-refractivity contribution in [3.63, 3.8) is 0 Å². The number of hydrogen-bond donors (Lipinski definition) is 4. The summed E-state index contributed by atoms with van der Waals surface area (Å²) in [6.45, 7) is 1.51. The lowest BCUT2D eigenvalue weighted by atomic mass is 10.1. The van der Waals surface area contributed by atoms with E-state index in [2.05, 4.69) is 10.4 Å². The summed E-state index contributed by atoms with van der Waals surface area (Å²) >= 11 is 1.63. The average Bonchev–Trinajstić information content (AvgIpc) is 2.59. The SMILES string of the molecule is CSCCC1NC(=O)C(/C(C)=N/NC(N)=O)=C1O. The predicted octanol–water partition coefficient (Wildman–Crippen LogP) is 0.0942. The van der Waals surface area contributed by atoms with Gasteiger partial charge in [0.05, 0.1) is 11.8 Å². The molecule has 3 amide bonds. The van der Waals surface area contributed by atoms with Crippen molar-refractivity contribution in [2.45, 2.75) is 19.4 Å². The summed E-state index contributed by atoms with van der Waals surface area (Å²) in [5.74, 6) is 0.380. The van der Waals surface area contributed by atoms with Gasteiger partial charge in [0.15, 0.2) is 0 Å². The molecule has 0 aromatic heterocycles. The highest BCUT2D eigenvalue weighted by Crippen LogP contribution is 2.19. The number of urea groups is 1. The van der Waals surface area contributed by atoms with Crippen LogP contribution < -0.4 is 16.5 Å². The van der Waals surface area contributed by atoms with Gasteiger partial charge in [-0.1, -0.05) is 0 Å². The minimum atomic E-state index is -0.827. The number of nitrogens with two attached hydrogens (primary N) is 1. The number of aliphatic hydroxyl groups excluding tert-OH is 1. The maximum absolute atomic E-state index is 11.7. The summed E-state index contributed by atoms with van der Waals surface area (Å²) in [7, 11) is 0. The smallest absolute Gasteiger partial charge is 0.332 e. The zero-order valence-electron chi connectivity index (χ0n) is 10.2.